The molecule has 344 valence electrons. The highest BCUT2D eigenvalue weighted by Gasteiger charge is 2.53. The number of aliphatic hydroxyl groups excluding tert-OH is 10. The predicted octanol–water partition coefficient (Wildman–Crippen LogP) is -4.37. The molecule has 4 aliphatic rings. The third-order valence-electron chi connectivity index (χ3n) is 11.1. The number of phenols is 3. The van der Waals surface area contributed by atoms with Crippen LogP contribution in [-0.4, -0.2) is 201 Å². The van der Waals surface area contributed by atoms with Crippen molar-refractivity contribution in [1.82, 2.24) is 0 Å². The molecule has 24 nitrogen and oxygen atoms in total. The first-order valence-corrected chi connectivity index (χ1v) is 19.3. The van der Waals surface area contributed by atoms with Gasteiger partial charge < -0.3 is 114 Å². The first-order valence-electron chi connectivity index (χ1n) is 19.3. The van der Waals surface area contributed by atoms with Crippen LogP contribution in [0, 0.1) is 0 Å². The number of phenolic OH excluding ortho intramolecular Hbond substituents is 3. The van der Waals surface area contributed by atoms with Gasteiger partial charge in [0, 0.05) is 17.7 Å². The maximum Gasteiger partial charge on any atom is 0.238 e. The number of hydrogen-bond acceptors (Lipinski definition) is 24. The molecule has 0 bridgehead atoms. The Morgan fingerprint density at radius 2 is 1.23 bits per heavy atom. The van der Waals surface area contributed by atoms with E-state index in [2.05, 4.69) is 0 Å². The number of hydrogen-bond donors (Lipinski definition) is 14. The average Bonchev–Trinajstić information content (AvgIpc) is 3.23. The summed E-state index contributed by atoms with van der Waals surface area (Å²) in [5.41, 5.74) is -1.49. The number of ether oxygens (including phenoxy) is 8. The first-order chi connectivity index (χ1) is 29.3. The van der Waals surface area contributed by atoms with E-state index in [9.17, 15) is 76.3 Å². The number of aliphatic hydroxyl groups is 10. The second-order valence-electron chi connectivity index (χ2n) is 15.4. The van der Waals surface area contributed by atoms with E-state index in [0.717, 1.165) is 24.3 Å². The summed E-state index contributed by atoms with van der Waals surface area (Å²) in [6.07, 6.45) is -31.8. The zero-order valence-electron chi connectivity index (χ0n) is 32.6. The summed E-state index contributed by atoms with van der Waals surface area (Å²) in [6.45, 7) is 1.55. The van der Waals surface area contributed by atoms with Gasteiger partial charge in [0.25, 0.3) is 0 Å². The summed E-state index contributed by atoms with van der Waals surface area (Å²) in [5, 5.41) is 147. The summed E-state index contributed by atoms with van der Waals surface area (Å²) in [5.74, 6) is -3.58. The van der Waals surface area contributed by atoms with Crippen LogP contribution in [0.25, 0.3) is 22.3 Å². The quantitative estimate of drug-likeness (QED) is 0.0855. The molecule has 4 saturated heterocycles. The van der Waals surface area contributed by atoms with Gasteiger partial charge in [-0.2, -0.15) is 0 Å². The summed E-state index contributed by atoms with van der Waals surface area (Å²) in [7, 11) is 0. The highest BCUT2D eigenvalue weighted by Crippen LogP contribution is 2.39. The van der Waals surface area contributed by atoms with Crippen LogP contribution in [0.2, 0.25) is 0 Å². The van der Waals surface area contributed by atoms with E-state index in [1.807, 2.05) is 0 Å². The van der Waals surface area contributed by atoms with Gasteiger partial charge in [0.15, 0.2) is 36.1 Å². The minimum Gasteiger partial charge on any atom is -0.507 e. The largest absolute Gasteiger partial charge is 0.507 e. The van der Waals surface area contributed by atoms with Gasteiger partial charge in [-0.15, -0.1) is 0 Å². The highest BCUT2D eigenvalue weighted by molar-refractivity contribution is 5.88. The van der Waals surface area contributed by atoms with Crippen LogP contribution in [0.5, 0.6) is 28.7 Å². The Labute approximate surface area is 349 Å². The second kappa shape index (κ2) is 18.2. The lowest BCUT2D eigenvalue weighted by molar-refractivity contribution is -0.387. The normalized spacial score (nSPS) is 40.4. The summed E-state index contributed by atoms with van der Waals surface area (Å²) in [4.78, 5) is 13.1. The van der Waals surface area contributed by atoms with Crippen LogP contribution in [-0.2, 0) is 33.2 Å². The molecule has 5 heterocycles. The molecule has 0 spiro atoms. The molecular formula is C38H48O24. The van der Waals surface area contributed by atoms with E-state index in [1.165, 1.54) is 19.9 Å². The number of fused-ring (bicyclic) bond motifs is 1. The molecule has 62 heavy (non-hydrogen) atoms. The van der Waals surface area contributed by atoms with Crippen LogP contribution >= 0.6 is 0 Å². The van der Waals surface area contributed by atoms with Crippen molar-refractivity contribution in [3.8, 4) is 40.1 Å². The summed E-state index contributed by atoms with van der Waals surface area (Å²) in [6, 6.07) is 5.27. The molecule has 0 radical (unpaired) electrons. The lowest BCUT2D eigenvalue weighted by Crippen LogP contribution is -2.65. The lowest BCUT2D eigenvalue weighted by atomic mass is 9.97. The number of benzene rings is 2. The van der Waals surface area contributed by atoms with Gasteiger partial charge in [0.2, 0.25) is 17.5 Å². The van der Waals surface area contributed by atoms with E-state index in [1.54, 1.807) is 0 Å². The van der Waals surface area contributed by atoms with Gasteiger partial charge in [-0.3, -0.25) is 4.79 Å². The van der Waals surface area contributed by atoms with E-state index >= 15 is 0 Å². The van der Waals surface area contributed by atoms with Gasteiger partial charge in [-0.1, -0.05) is 0 Å². The molecule has 19 atom stereocenters. The third kappa shape index (κ3) is 8.76. The minimum atomic E-state index is -1.97. The van der Waals surface area contributed by atoms with Crippen molar-refractivity contribution in [2.45, 2.75) is 131 Å². The van der Waals surface area contributed by atoms with Gasteiger partial charge in [0.05, 0.1) is 25.4 Å². The fourth-order valence-electron chi connectivity index (χ4n) is 7.42. The van der Waals surface area contributed by atoms with Gasteiger partial charge in [-0.05, 0) is 32.0 Å². The zero-order valence-corrected chi connectivity index (χ0v) is 32.6. The van der Waals surface area contributed by atoms with E-state index < -0.39 is 170 Å². The minimum absolute atomic E-state index is 0.0406. The molecule has 0 saturated carbocycles. The first kappa shape index (κ1) is 46.0. The maximum atomic E-state index is 13.1. The van der Waals surface area contributed by atoms with Crippen molar-refractivity contribution in [3.63, 3.8) is 0 Å². The lowest BCUT2D eigenvalue weighted by Gasteiger charge is -2.48. The van der Waals surface area contributed by atoms with Crippen LogP contribution in [0.4, 0.5) is 0 Å². The molecule has 0 unspecified atom stereocenters. The summed E-state index contributed by atoms with van der Waals surface area (Å²) < 4.78 is 51.5. The molecule has 4 fully saturated rings. The van der Waals surface area contributed by atoms with Crippen molar-refractivity contribution in [1.29, 1.82) is 0 Å². The van der Waals surface area contributed by atoms with Gasteiger partial charge in [-0.25, -0.2) is 0 Å². The average molecular weight is 889 g/mol. The van der Waals surface area contributed by atoms with Crippen molar-refractivity contribution in [2.24, 2.45) is 0 Å². The van der Waals surface area contributed by atoms with Gasteiger partial charge >= 0.3 is 0 Å². The Morgan fingerprint density at radius 3 is 1.89 bits per heavy atom. The van der Waals surface area contributed by atoms with Crippen molar-refractivity contribution >= 4 is 11.0 Å². The van der Waals surface area contributed by atoms with Crippen molar-refractivity contribution in [2.75, 3.05) is 13.2 Å². The van der Waals surface area contributed by atoms with Crippen LogP contribution < -0.4 is 10.2 Å². The Balaban J connectivity index is 1.09. The molecule has 0 amide bonds. The number of rotatable bonds is 10. The van der Waals surface area contributed by atoms with E-state index in [4.69, 9.17) is 42.3 Å². The van der Waals surface area contributed by atoms with Crippen LogP contribution in [0.1, 0.15) is 13.8 Å². The maximum absolute atomic E-state index is 13.1. The fourth-order valence-corrected chi connectivity index (χ4v) is 7.42. The number of aromatic hydroxyl groups is 4. The molecule has 14 N–H and O–H groups in total. The molecule has 7 rings (SSSR count). The Hall–Kier alpha value is -4.03. The van der Waals surface area contributed by atoms with Crippen molar-refractivity contribution in [3.05, 3.63) is 40.6 Å². The Kier molecular flexibility index (Phi) is 13.5. The van der Waals surface area contributed by atoms with E-state index in [-0.39, 0.29) is 16.9 Å². The summed E-state index contributed by atoms with van der Waals surface area (Å²) >= 11 is 0. The second-order valence-corrected chi connectivity index (χ2v) is 15.4. The molecule has 4 aliphatic heterocycles. The van der Waals surface area contributed by atoms with Crippen LogP contribution in [0.15, 0.2) is 39.5 Å². The third-order valence-corrected chi connectivity index (χ3v) is 11.1. The Morgan fingerprint density at radius 1 is 0.613 bits per heavy atom. The van der Waals surface area contributed by atoms with Crippen LogP contribution in [0.3, 0.4) is 0 Å². The Bertz CT molecular complexity index is 2100. The molecule has 1 aromatic heterocycles. The van der Waals surface area contributed by atoms with Crippen molar-refractivity contribution < 1.29 is 114 Å². The highest BCUT2D eigenvalue weighted by atomic mass is 16.8. The monoisotopic (exact) mass is 888 g/mol. The smallest absolute Gasteiger partial charge is 0.238 e. The molecule has 3 aromatic rings. The molecule has 2 aromatic carbocycles. The molecule has 24 heteroatoms. The predicted molar refractivity (Wildman–Crippen MR) is 198 cm³/mol. The SMILES string of the molecule is C[C@@H]1O[C@@H](OC[C@H]2O[C@@H](Oc3cc(O)c4c(=O)c(O)c(-c5ccc(O)c(O)c5)oc4c3)[C@H](O)[C@@H](O)[C@@H]2O)[C@@H](O[C@@H]2O[C@@H](C)[C@H](O)[C@H](O)[C@@H]2O[C@H]2OC[C@@H](O)[C@@H](O)[C@H]2O)[C@H](O)[C@H]1O. The molecule has 0 aliphatic carbocycles. The zero-order chi connectivity index (χ0) is 45.1. The van der Waals surface area contributed by atoms with Gasteiger partial charge in [0.1, 0.15) is 102 Å². The van der Waals surface area contributed by atoms with E-state index in [0.29, 0.717) is 0 Å². The molecular weight excluding hydrogens is 840 g/mol. The standard InChI is InChI=1S/C38H48O24/c1-10-21(43)27(49)33(62-38-34(28(50)22(44)11(2)57-38)61-35-30(52)23(45)17(42)8-54-35)37(56-10)55-9-19-24(46)26(48)31(53)36(60-19)58-13-6-16(41)20-18(7-13)59-32(29(51)25(20)47)12-3-4-14(39)15(40)5-12/h3-7,10-11,17,19,21-24,26-28,30-31,33-46,48-53H,8-9H2,1-2H3/t10-,11-,17+,19+,21-,22-,23+,24+,26-,27+,28-,30+,31+,33-,34-,35+,36+,37+,38-/m0/s1. The topological polar surface area (TPSA) is 387 Å². The fraction of sp³-hybridized carbons (Fsp3) is 0.605.